The van der Waals surface area contributed by atoms with Crippen LogP contribution in [-0.4, -0.2) is 23.6 Å². The average Bonchev–Trinajstić information content (AvgIpc) is 2.65. The van der Waals surface area contributed by atoms with Crippen molar-refractivity contribution in [1.29, 1.82) is 0 Å². The molecule has 0 amide bonds. The van der Waals surface area contributed by atoms with Crippen LogP contribution in [0.2, 0.25) is 0 Å². The Kier molecular flexibility index (Phi) is 5.42. The van der Waals surface area contributed by atoms with E-state index in [-0.39, 0.29) is 12.0 Å². The number of ether oxygens (including phenoxy) is 1. The molecule has 0 spiro atoms. The highest BCUT2D eigenvalue weighted by Crippen LogP contribution is 2.11. The molecule has 0 aromatic carbocycles. The standard InChI is InChI=1S/C11H18N2O2S/c1-4-10(11(14)15-5-2)13-7-9-6-12-8(3)16-9/h6,10,13H,4-5,7H2,1-3H3. The summed E-state index contributed by atoms with van der Waals surface area (Å²) in [4.78, 5) is 16.8. The zero-order valence-corrected chi connectivity index (χ0v) is 10.8. The Morgan fingerprint density at radius 3 is 2.88 bits per heavy atom. The monoisotopic (exact) mass is 242 g/mol. The molecule has 1 atom stereocenters. The second kappa shape index (κ2) is 6.60. The van der Waals surface area contributed by atoms with E-state index in [1.165, 1.54) is 0 Å². The van der Waals surface area contributed by atoms with Gasteiger partial charge in [-0.1, -0.05) is 6.92 Å². The number of nitrogens with one attached hydrogen (secondary N) is 1. The molecule has 0 fully saturated rings. The first-order valence-corrected chi connectivity index (χ1v) is 6.30. The number of carbonyl (C=O) groups excluding carboxylic acids is 1. The summed E-state index contributed by atoms with van der Waals surface area (Å²) in [6, 6.07) is -0.220. The van der Waals surface area contributed by atoms with Gasteiger partial charge in [-0.25, -0.2) is 4.98 Å². The number of aromatic nitrogens is 1. The predicted octanol–water partition coefficient (Wildman–Crippen LogP) is 1.88. The molecule has 1 aromatic rings. The number of nitrogens with zero attached hydrogens (tertiary/aromatic N) is 1. The van der Waals surface area contributed by atoms with Crippen molar-refractivity contribution in [2.45, 2.75) is 39.8 Å². The molecule has 1 N–H and O–H groups in total. The number of aryl methyl sites for hydroxylation is 1. The fraction of sp³-hybridized carbons (Fsp3) is 0.636. The number of hydrogen-bond acceptors (Lipinski definition) is 5. The van der Waals surface area contributed by atoms with Gasteiger partial charge in [0.15, 0.2) is 0 Å². The third-order valence-electron chi connectivity index (χ3n) is 2.17. The van der Waals surface area contributed by atoms with E-state index < -0.39 is 0 Å². The maximum absolute atomic E-state index is 11.5. The van der Waals surface area contributed by atoms with Gasteiger partial charge in [0.2, 0.25) is 0 Å². The van der Waals surface area contributed by atoms with Crippen LogP contribution < -0.4 is 5.32 Å². The van der Waals surface area contributed by atoms with Crippen LogP contribution >= 0.6 is 11.3 Å². The van der Waals surface area contributed by atoms with E-state index >= 15 is 0 Å². The summed E-state index contributed by atoms with van der Waals surface area (Å²) in [6.07, 6.45) is 2.57. The summed E-state index contributed by atoms with van der Waals surface area (Å²) < 4.78 is 4.97. The third kappa shape index (κ3) is 3.90. The molecule has 0 bridgehead atoms. The van der Waals surface area contributed by atoms with Crippen LogP contribution in [0.1, 0.15) is 30.2 Å². The third-order valence-corrected chi connectivity index (χ3v) is 3.08. The van der Waals surface area contributed by atoms with Crippen molar-refractivity contribution in [3.05, 3.63) is 16.1 Å². The molecule has 0 aliphatic carbocycles. The maximum Gasteiger partial charge on any atom is 0.323 e. The van der Waals surface area contributed by atoms with E-state index in [9.17, 15) is 4.79 Å². The highest BCUT2D eigenvalue weighted by molar-refractivity contribution is 7.11. The van der Waals surface area contributed by atoms with Gasteiger partial charge in [0, 0.05) is 17.6 Å². The van der Waals surface area contributed by atoms with Crippen LogP contribution in [0.4, 0.5) is 0 Å². The van der Waals surface area contributed by atoms with Gasteiger partial charge in [-0.2, -0.15) is 0 Å². The summed E-state index contributed by atoms with van der Waals surface area (Å²) in [5, 5.41) is 4.22. The van der Waals surface area contributed by atoms with Crippen LogP contribution in [0.25, 0.3) is 0 Å². The van der Waals surface area contributed by atoms with Crippen molar-refractivity contribution in [1.82, 2.24) is 10.3 Å². The minimum absolute atomic E-state index is 0.175. The Morgan fingerprint density at radius 2 is 2.38 bits per heavy atom. The SMILES string of the molecule is CCOC(=O)C(CC)NCc1cnc(C)s1. The van der Waals surface area contributed by atoms with Crippen molar-refractivity contribution < 1.29 is 9.53 Å². The fourth-order valence-electron chi connectivity index (χ4n) is 1.35. The molecule has 1 rings (SSSR count). The van der Waals surface area contributed by atoms with Crippen LogP contribution in [-0.2, 0) is 16.1 Å². The Bertz CT molecular complexity index is 338. The minimum atomic E-state index is -0.220. The fourth-order valence-corrected chi connectivity index (χ4v) is 2.09. The normalized spacial score (nSPS) is 12.4. The molecule has 90 valence electrons. The number of thiazole rings is 1. The summed E-state index contributed by atoms with van der Waals surface area (Å²) in [5.74, 6) is -0.175. The predicted molar refractivity (Wildman–Crippen MR) is 64.4 cm³/mol. The summed E-state index contributed by atoms with van der Waals surface area (Å²) >= 11 is 1.64. The van der Waals surface area contributed by atoms with Gasteiger partial charge >= 0.3 is 5.97 Å². The lowest BCUT2D eigenvalue weighted by Crippen LogP contribution is -2.36. The van der Waals surface area contributed by atoms with E-state index in [1.54, 1.807) is 11.3 Å². The first-order chi connectivity index (χ1) is 7.67. The van der Waals surface area contributed by atoms with E-state index in [0.717, 1.165) is 16.3 Å². The molecule has 5 heteroatoms. The van der Waals surface area contributed by atoms with E-state index in [0.29, 0.717) is 13.2 Å². The Labute approximate surface area is 100 Å². The lowest BCUT2D eigenvalue weighted by molar-refractivity contribution is -0.145. The Balaban J connectivity index is 2.42. The van der Waals surface area contributed by atoms with Crippen LogP contribution in [0, 0.1) is 6.92 Å². The molecule has 0 aliphatic rings. The summed E-state index contributed by atoms with van der Waals surface area (Å²) in [6.45, 7) is 6.85. The highest BCUT2D eigenvalue weighted by atomic mass is 32.1. The molecule has 0 aliphatic heterocycles. The maximum atomic E-state index is 11.5. The van der Waals surface area contributed by atoms with Gasteiger partial charge in [-0.15, -0.1) is 11.3 Å². The molecule has 1 heterocycles. The molecule has 4 nitrogen and oxygen atoms in total. The molecular formula is C11H18N2O2S. The molecule has 1 unspecified atom stereocenters. The second-order valence-electron chi connectivity index (χ2n) is 3.44. The van der Waals surface area contributed by atoms with Crippen molar-refractivity contribution in [2.75, 3.05) is 6.61 Å². The van der Waals surface area contributed by atoms with Gasteiger partial charge in [0.25, 0.3) is 0 Å². The van der Waals surface area contributed by atoms with Crippen LogP contribution in [0.15, 0.2) is 6.20 Å². The largest absolute Gasteiger partial charge is 0.465 e. The summed E-state index contributed by atoms with van der Waals surface area (Å²) in [7, 11) is 0. The van der Waals surface area contributed by atoms with Crippen molar-refractivity contribution >= 4 is 17.3 Å². The topological polar surface area (TPSA) is 51.2 Å². The van der Waals surface area contributed by atoms with Crippen molar-refractivity contribution in [2.24, 2.45) is 0 Å². The smallest absolute Gasteiger partial charge is 0.323 e. The minimum Gasteiger partial charge on any atom is -0.465 e. The number of rotatable bonds is 6. The van der Waals surface area contributed by atoms with Gasteiger partial charge in [0.05, 0.1) is 11.6 Å². The van der Waals surface area contributed by atoms with Crippen molar-refractivity contribution in [3.63, 3.8) is 0 Å². The lowest BCUT2D eigenvalue weighted by atomic mass is 10.2. The Hall–Kier alpha value is -0.940. The quantitative estimate of drug-likeness (QED) is 0.774. The van der Waals surface area contributed by atoms with E-state index in [2.05, 4.69) is 10.3 Å². The lowest BCUT2D eigenvalue weighted by Gasteiger charge is -2.14. The molecule has 0 saturated carbocycles. The summed E-state index contributed by atoms with van der Waals surface area (Å²) in [5.41, 5.74) is 0. The first-order valence-electron chi connectivity index (χ1n) is 5.48. The van der Waals surface area contributed by atoms with Gasteiger partial charge in [0.1, 0.15) is 6.04 Å². The first kappa shape index (κ1) is 13.1. The van der Waals surface area contributed by atoms with Crippen molar-refractivity contribution in [3.8, 4) is 0 Å². The van der Waals surface area contributed by atoms with Gasteiger partial charge in [-0.3, -0.25) is 10.1 Å². The zero-order valence-electron chi connectivity index (χ0n) is 9.95. The van der Waals surface area contributed by atoms with E-state index in [4.69, 9.17) is 4.74 Å². The van der Waals surface area contributed by atoms with Gasteiger partial charge in [-0.05, 0) is 20.3 Å². The highest BCUT2D eigenvalue weighted by Gasteiger charge is 2.16. The number of carbonyl (C=O) groups is 1. The van der Waals surface area contributed by atoms with Crippen LogP contribution in [0.3, 0.4) is 0 Å². The average molecular weight is 242 g/mol. The molecule has 0 saturated heterocycles. The molecule has 16 heavy (non-hydrogen) atoms. The molecule has 0 radical (unpaired) electrons. The van der Waals surface area contributed by atoms with Gasteiger partial charge < -0.3 is 4.74 Å². The number of esters is 1. The van der Waals surface area contributed by atoms with Crippen LogP contribution in [0.5, 0.6) is 0 Å². The number of hydrogen-bond donors (Lipinski definition) is 1. The van der Waals surface area contributed by atoms with E-state index in [1.807, 2.05) is 27.0 Å². The zero-order chi connectivity index (χ0) is 12.0. The second-order valence-corrected chi connectivity index (χ2v) is 4.76. The molecular weight excluding hydrogens is 224 g/mol. The Morgan fingerprint density at radius 1 is 1.62 bits per heavy atom. The molecule has 1 aromatic heterocycles.